The Balaban J connectivity index is 1.83. The fraction of sp³-hybridized carbons (Fsp3) is 0.0833. The standard InChI is InChI=1S/C24H17ClN2O2/c1-28-24-13-18(12-21(15-27)19-9-6-17(14-26)7-10-19)8-11-23(24)29-16-20-4-2-3-5-22(20)25/h2-13H,16H2,1H3/b21-12+. The lowest BCUT2D eigenvalue weighted by Gasteiger charge is -2.12. The predicted octanol–water partition coefficient (Wildman–Crippen LogP) is 5.86. The molecule has 142 valence electrons. The Morgan fingerprint density at radius 3 is 2.41 bits per heavy atom. The first-order valence-corrected chi connectivity index (χ1v) is 9.19. The van der Waals surface area contributed by atoms with E-state index < -0.39 is 0 Å². The Morgan fingerprint density at radius 2 is 1.76 bits per heavy atom. The van der Waals surface area contributed by atoms with Crippen molar-refractivity contribution in [3.63, 3.8) is 0 Å². The van der Waals surface area contributed by atoms with Crippen LogP contribution in [0.3, 0.4) is 0 Å². The highest BCUT2D eigenvalue weighted by molar-refractivity contribution is 6.31. The molecule has 0 heterocycles. The fourth-order valence-electron chi connectivity index (χ4n) is 2.74. The van der Waals surface area contributed by atoms with E-state index in [1.54, 1.807) is 43.5 Å². The molecule has 0 radical (unpaired) electrons. The molecule has 0 saturated carbocycles. The van der Waals surface area contributed by atoms with Gasteiger partial charge >= 0.3 is 0 Å². The van der Waals surface area contributed by atoms with Crippen LogP contribution in [0, 0.1) is 22.7 Å². The zero-order valence-corrected chi connectivity index (χ0v) is 16.5. The smallest absolute Gasteiger partial charge is 0.161 e. The van der Waals surface area contributed by atoms with Crippen LogP contribution in [0.4, 0.5) is 0 Å². The summed E-state index contributed by atoms with van der Waals surface area (Å²) in [4.78, 5) is 0. The van der Waals surface area contributed by atoms with Crippen molar-refractivity contribution in [1.29, 1.82) is 10.5 Å². The van der Waals surface area contributed by atoms with E-state index in [1.807, 2.05) is 36.4 Å². The summed E-state index contributed by atoms with van der Waals surface area (Å²) in [5.74, 6) is 1.14. The Bertz CT molecular complexity index is 1120. The molecule has 0 N–H and O–H groups in total. The number of halogens is 1. The van der Waals surface area contributed by atoms with Crippen molar-refractivity contribution in [2.24, 2.45) is 0 Å². The summed E-state index contributed by atoms with van der Waals surface area (Å²) >= 11 is 6.17. The Kier molecular flexibility index (Phi) is 6.53. The van der Waals surface area contributed by atoms with Crippen LogP contribution < -0.4 is 9.47 Å². The van der Waals surface area contributed by atoms with E-state index in [1.165, 1.54) is 0 Å². The van der Waals surface area contributed by atoms with Crippen LogP contribution in [0.25, 0.3) is 11.6 Å². The zero-order chi connectivity index (χ0) is 20.6. The second kappa shape index (κ2) is 9.46. The van der Waals surface area contributed by atoms with E-state index in [0.717, 1.165) is 16.7 Å². The lowest BCUT2D eigenvalue weighted by Crippen LogP contribution is -1.98. The first kappa shape index (κ1) is 20.0. The Hall–Kier alpha value is -3.73. The van der Waals surface area contributed by atoms with E-state index in [4.69, 9.17) is 26.3 Å². The third kappa shape index (κ3) is 4.96. The molecule has 3 rings (SSSR count). The molecule has 0 saturated heterocycles. The Morgan fingerprint density at radius 1 is 1.00 bits per heavy atom. The van der Waals surface area contributed by atoms with Crippen LogP contribution >= 0.6 is 11.6 Å². The summed E-state index contributed by atoms with van der Waals surface area (Å²) in [6, 6.07) is 24.1. The molecule has 0 aliphatic rings. The van der Waals surface area contributed by atoms with Gasteiger partial charge in [0, 0.05) is 10.6 Å². The molecule has 29 heavy (non-hydrogen) atoms. The van der Waals surface area contributed by atoms with Gasteiger partial charge in [0.05, 0.1) is 30.4 Å². The second-order valence-electron chi connectivity index (χ2n) is 6.15. The van der Waals surface area contributed by atoms with Gasteiger partial charge < -0.3 is 9.47 Å². The van der Waals surface area contributed by atoms with Crippen LogP contribution in [0.5, 0.6) is 11.5 Å². The van der Waals surface area contributed by atoms with Gasteiger partial charge in [0.15, 0.2) is 11.5 Å². The van der Waals surface area contributed by atoms with E-state index >= 15 is 0 Å². The average molecular weight is 401 g/mol. The number of benzene rings is 3. The van der Waals surface area contributed by atoms with Crippen LogP contribution in [0.1, 0.15) is 22.3 Å². The van der Waals surface area contributed by atoms with Crippen molar-refractivity contribution in [2.45, 2.75) is 6.61 Å². The minimum atomic E-state index is 0.319. The summed E-state index contributed by atoms with van der Waals surface area (Å²) in [6.07, 6.45) is 1.77. The SMILES string of the molecule is COc1cc(/C=C(\C#N)c2ccc(C#N)cc2)ccc1OCc1ccccc1Cl. The quantitative estimate of drug-likeness (QED) is 0.383. The fourth-order valence-corrected chi connectivity index (χ4v) is 2.93. The summed E-state index contributed by atoms with van der Waals surface area (Å²) in [6.45, 7) is 0.319. The molecule has 3 aromatic rings. The van der Waals surface area contributed by atoms with Crippen molar-refractivity contribution in [3.8, 4) is 23.6 Å². The van der Waals surface area contributed by atoms with Gasteiger partial charge in [-0.2, -0.15) is 10.5 Å². The van der Waals surface area contributed by atoms with E-state index in [-0.39, 0.29) is 0 Å². The third-order valence-corrected chi connectivity index (χ3v) is 4.65. The van der Waals surface area contributed by atoms with Crippen LogP contribution in [-0.2, 0) is 6.61 Å². The minimum absolute atomic E-state index is 0.319. The highest BCUT2D eigenvalue weighted by atomic mass is 35.5. The van der Waals surface area contributed by atoms with Crippen LogP contribution in [0.15, 0.2) is 66.7 Å². The number of allylic oxidation sites excluding steroid dienone is 1. The number of hydrogen-bond acceptors (Lipinski definition) is 4. The molecule has 4 nitrogen and oxygen atoms in total. The second-order valence-corrected chi connectivity index (χ2v) is 6.56. The molecule has 0 aliphatic carbocycles. The molecule has 0 atom stereocenters. The number of nitriles is 2. The number of rotatable bonds is 6. The lowest BCUT2D eigenvalue weighted by molar-refractivity contribution is 0.284. The normalized spacial score (nSPS) is 10.7. The van der Waals surface area contributed by atoms with Gasteiger partial charge in [-0.1, -0.05) is 48.0 Å². The summed E-state index contributed by atoms with van der Waals surface area (Å²) < 4.78 is 11.3. The monoisotopic (exact) mass is 400 g/mol. The minimum Gasteiger partial charge on any atom is -0.493 e. The van der Waals surface area contributed by atoms with Crippen LogP contribution in [-0.4, -0.2) is 7.11 Å². The molecular formula is C24H17ClN2O2. The first-order valence-electron chi connectivity index (χ1n) is 8.81. The van der Waals surface area contributed by atoms with Gasteiger partial charge in [-0.15, -0.1) is 0 Å². The number of nitrogens with zero attached hydrogens (tertiary/aromatic N) is 2. The van der Waals surface area contributed by atoms with Gasteiger partial charge in [0.2, 0.25) is 0 Å². The largest absolute Gasteiger partial charge is 0.493 e. The van der Waals surface area contributed by atoms with Crippen molar-refractivity contribution >= 4 is 23.3 Å². The molecule has 0 aliphatic heterocycles. The number of methoxy groups -OCH3 is 1. The molecule has 0 fully saturated rings. The number of ether oxygens (including phenoxy) is 2. The molecule has 0 spiro atoms. The van der Waals surface area contributed by atoms with Gasteiger partial charge in [0.25, 0.3) is 0 Å². The summed E-state index contributed by atoms with van der Waals surface area (Å²) in [7, 11) is 1.57. The van der Waals surface area contributed by atoms with Gasteiger partial charge in [-0.3, -0.25) is 0 Å². The highest BCUT2D eigenvalue weighted by Crippen LogP contribution is 2.31. The zero-order valence-electron chi connectivity index (χ0n) is 15.7. The van der Waals surface area contributed by atoms with Crippen molar-refractivity contribution < 1.29 is 9.47 Å². The van der Waals surface area contributed by atoms with Gasteiger partial charge in [-0.05, 0) is 47.5 Å². The maximum Gasteiger partial charge on any atom is 0.161 e. The van der Waals surface area contributed by atoms with E-state index in [0.29, 0.717) is 34.3 Å². The van der Waals surface area contributed by atoms with Crippen molar-refractivity contribution in [1.82, 2.24) is 0 Å². The lowest BCUT2D eigenvalue weighted by atomic mass is 10.0. The maximum atomic E-state index is 9.53. The Labute approximate surface area is 174 Å². The first-order chi connectivity index (χ1) is 14.1. The topological polar surface area (TPSA) is 66.0 Å². The molecule has 5 heteroatoms. The summed E-state index contributed by atoms with van der Waals surface area (Å²) in [5, 5.41) is 19.1. The molecule has 0 aromatic heterocycles. The predicted molar refractivity (Wildman–Crippen MR) is 113 cm³/mol. The molecule has 0 bridgehead atoms. The molecule has 0 unspecified atom stereocenters. The maximum absolute atomic E-state index is 9.53. The molecule has 3 aromatic carbocycles. The van der Waals surface area contributed by atoms with Gasteiger partial charge in [-0.25, -0.2) is 0 Å². The number of hydrogen-bond donors (Lipinski definition) is 0. The molecule has 0 amide bonds. The van der Waals surface area contributed by atoms with Crippen LogP contribution in [0.2, 0.25) is 5.02 Å². The third-order valence-electron chi connectivity index (χ3n) is 4.29. The summed E-state index contributed by atoms with van der Waals surface area (Å²) in [5.41, 5.74) is 3.46. The van der Waals surface area contributed by atoms with Gasteiger partial charge in [0.1, 0.15) is 6.61 Å². The van der Waals surface area contributed by atoms with E-state index in [9.17, 15) is 5.26 Å². The van der Waals surface area contributed by atoms with Crippen molar-refractivity contribution in [3.05, 3.63) is 94.0 Å². The molecular weight excluding hydrogens is 384 g/mol. The highest BCUT2D eigenvalue weighted by Gasteiger charge is 2.08. The van der Waals surface area contributed by atoms with E-state index in [2.05, 4.69) is 12.1 Å². The van der Waals surface area contributed by atoms with Crippen molar-refractivity contribution in [2.75, 3.05) is 7.11 Å². The average Bonchev–Trinajstić information content (AvgIpc) is 2.77.